The van der Waals surface area contributed by atoms with Crippen LogP contribution in [0.5, 0.6) is 0 Å². The third kappa shape index (κ3) is 5.67. The van der Waals surface area contributed by atoms with E-state index in [0.717, 1.165) is 0 Å². The number of benzene rings is 2. The summed E-state index contributed by atoms with van der Waals surface area (Å²) in [6.45, 7) is 7.46. The molecule has 29 heavy (non-hydrogen) atoms. The van der Waals surface area contributed by atoms with Gasteiger partial charge in [-0.3, -0.25) is 9.59 Å². The zero-order valence-electron chi connectivity index (χ0n) is 17.2. The number of rotatable bonds is 8. The number of sulfone groups is 1. The van der Waals surface area contributed by atoms with Crippen molar-refractivity contribution in [2.75, 3.05) is 10.6 Å². The minimum absolute atomic E-state index is 0.0739. The minimum Gasteiger partial charge on any atom is -0.326 e. The minimum atomic E-state index is -3.81. The molecule has 0 fully saturated rings. The van der Waals surface area contributed by atoms with Crippen LogP contribution in [0, 0.1) is 11.8 Å². The van der Waals surface area contributed by atoms with E-state index in [2.05, 4.69) is 10.6 Å². The van der Waals surface area contributed by atoms with Crippen molar-refractivity contribution < 1.29 is 18.0 Å². The molecule has 2 atom stereocenters. The second kappa shape index (κ2) is 9.69. The molecule has 2 aromatic carbocycles. The number of hydrogen-bond acceptors (Lipinski definition) is 4. The summed E-state index contributed by atoms with van der Waals surface area (Å²) in [5.74, 6) is -0.643. The van der Waals surface area contributed by atoms with Gasteiger partial charge in [-0.05, 0) is 49.2 Å². The van der Waals surface area contributed by atoms with Gasteiger partial charge in [0.2, 0.25) is 21.7 Å². The average molecular weight is 417 g/mol. The van der Waals surface area contributed by atoms with Crippen LogP contribution in [0.2, 0.25) is 0 Å². The van der Waals surface area contributed by atoms with Gasteiger partial charge in [0.15, 0.2) is 0 Å². The normalized spacial score (nSPS) is 13.4. The first kappa shape index (κ1) is 22.6. The largest absolute Gasteiger partial charge is 0.326 e. The van der Waals surface area contributed by atoms with E-state index in [9.17, 15) is 18.0 Å². The van der Waals surface area contributed by atoms with Gasteiger partial charge in [0.25, 0.3) is 0 Å². The van der Waals surface area contributed by atoms with Gasteiger partial charge in [0.1, 0.15) is 0 Å². The molecule has 6 nitrogen and oxygen atoms in total. The van der Waals surface area contributed by atoms with Crippen molar-refractivity contribution in [2.45, 2.75) is 50.3 Å². The summed E-state index contributed by atoms with van der Waals surface area (Å²) in [7, 11) is -3.81. The second-order valence-electron chi connectivity index (χ2n) is 7.16. The Morgan fingerprint density at radius 3 is 1.52 bits per heavy atom. The molecule has 0 aliphatic heterocycles. The Hall–Kier alpha value is -2.67. The highest BCUT2D eigenvalue weighted by Gasteiger charge is 2.20. The van der Waals surface area contributed by atoms with E-state index in [1.165, 1.54) is 24.3 Å². The summed E-state index contributed by atoms with van der Waals surface area (Å²) in [4.78, 5) is 24.3. The molecule has 2 aromatic rings. The van der Waals surface area contributed by atoms with Crippen molar-refractivity contribution >= 4 is 33.0 Å². The maximum atomic E-state index is 13.1. The number of nitrogens with one attached hydrogen (secondary N) is 2. The Kier molecular flexibility index (Phi) is 7.56. The van der Waals surface area contributed by atoms with Crippen molar-refractivity contribution in [3.8, 4) is 0 Å². The topological polar surface area (TPSA) is 92.3 Å². The number of amides is 2. The number of carbonyl (C=O) groups is 2. The molecule has 2 amide bonds. The molecule has 2 N–H and O–H groups in total. The van der Waals surface area contributed by atoms with Crippen LogP contribution in [-0.4, -0.2) is 20.2 Å². The van der Waals surface area contributed by atoms with Crippen molar-refractivity contribution in [1.29, 1.82) is 0 Å². The average Bonchev–Trinajstić information content (AvgIpc) is 2.72. The maximum absolute atomic E-state index is 13.1. The molecular formula is C22H28N2O4S. The van der Waals surface area contributed by atoms with Crippen LogP contribution in [-0.2, 0) is 19.4 Å². The van der Waals surface area contributed by atoms with E-state index in [0.29, 0.717) is 24.2 Å². The fraction of sp³-hybridized carbons (Fsp3) is 0.364. The van der Waals surface area contributed by atoms with Gasteiger partial charge < -0.3 is 10.6 Å². The van der Waals surface area contributed by atoms with E-state index in [4.69, 9.17) is 0 Å². The van der Waals surface area contributed by atoms with Gasteiger partial charge >= 0.3 is 0 Å². The first-order chi connectivity index (χ1) is 13.7. The molecule has 0 radical (unpaired) electrons. The molecule has 0 saturated carbocycles. The summed E-state index contributed by atoms with van der Waals surface area (Å²) >= 11 is 0. The molecule has 0 saturated heterocycles. The molecule has 0 aliphatic carbocycles. The molecule has 7 heteroatoms. The van der Waals surface area contributed by atoms with Crippen LogP contribution >= 0.6 is 0 Å². The third-order valence-electron chi connectivity index (χ3n) is 4.94. The van der Waals surface area contributed by atoms with E-state index in [1.54, 1.807) is 24.3 Å². The zero-order valence-corrected chi connectivity index (χ0v) is 18.0. The van der Waals surface area contributed by atoms with E-state index < -0.39 is 9.84 Å². The lowest BCUT2D eigenvalue weighted by molar-refractivity contribution is -0.120. The predicted molar refractivity (Wildman–Crippen MR) is 115 cm³/mol. The lowest BCUT2D eigenvalue weighted by Gasteiger charge is -2.13. The Balaban J connectivity index is 2.29. The van der Waals surface area contributed by atoms with Crippen LogP contribution in [0.15, 0.2) is 58.3 Å². The molecule has 0 aliphatic rings. The van der Waals surface area contributed by atoms with Gasteiger partial charge in [-0.25, -0.2) is 8.42 Å². The van der Waals surface area contributed by atoms with Crippen LogP contribution < -0.4 is 10.6 Å². The van der Waals surface area contributed by atoms with Crippen molar-refractivity contribution in [2.24, 2.45) is 11.8 Å². The molecule has 156 valence electrons. The highest BCUT2D eigenvalue weighted by molar-refractivity contribution is 7.91. The first-order valence-corrected chi connectivity index (χ1v) is 11.2. The van der Waals surface area contributed by atoms with E-state index in [-0.39, 0.29) is 33.4 Å². The molecule has 2 unspecified atom stereocenters. The van der Waals surface area contributed by atoms with E-state index >= 15 is 0 Å². The van der Waals surface area contributed by atoms with Gasteiger partial charge in [-0.15, -0.1) is 0 Å². The van der Waals surface area contributed by atoms with Gasteiger partial charge in [-0.1, -0.05) is 39.8 Å². The first-order valence-electron chi connectivity index (χ1n) is 9.76. The molecule has 2 rings (SSSR count). The fourth-order valence-corrected chi connectivity index (χ4v) is 3.87. The SMILES string of the molecule is CCC(C)C(=O)Nc1cccc(S(=O)(=O)c2cccc(NC(=O)C(C)CC)c2)c1. The van der Waals surface area contributed by atoms with Crippen LogP contribution in [0.1, 0.15) is 40.5 Å². The van der Waals surface area contributed by atoms with Crippen LogP contribution in [0.4, 0.5) is 11.4 Å². The van der Waals surface area contributed by atoms with Crippen molar-refractivity contribution in [3.05, 3.63) is 48.5 Å². The quantitative estimate of drug-likeness (QED) is 0.663. The van der Waals surface area contributed by atoms with Gasteiger partial charge in [0, 0.05) is 23.2 Å². The van der Waals surface area contributed by atoms with Gasteiger partial charge in [-0.2, -0.15) is 0 Å². The summed E-state index contributed by atoms with van der Waals surface area (Å²) in [6.07, 6.45) is 1.39. The second-order valence-corrected chi connectivity index (χ2v) is 9.11. The summed E-state index contributed by atoms with van der Waals surface area (Å²) in [6, 6.07) is 12.4. The molecule has 0 aromatic heterocycles. The Morgan fingerprint density at radius 1 is 0.793 bits per heavy atom. The van der Waals surface area contributed by atoms with Crippen molar-refractivity contribution in [3.63, 3.8) is 0 Å². The summed E-state index contributed by atoms with van der Waals surface area (Å²) < 4.78 is 26.1. The van der Waals surface area contributed by atoms with Gasteiger partial charge in [0.05, 0.1) is 9.79 Å². The Bertz CT molecular complexity index is 912. The zero-order chi connectivity index (χ0) is 21.6. The molecule has 0 bridgehead atoms. The summed E-state index contributed by atoms with van der Waals surface area (Å²) in [5, 5.41) is 5.51. The maximum Gasteiger partial charge on any atom is 0.227 e. The standard InChI is InChI=1S/C22H28N2O4S/c1-5-15(3)21(25)23-17-9-7-11-19(13-17)29(27,28)20-12-8-10-18(14-20)24-22(26)16(4)6-2/h7-16H,5-6H2,1-4H3,(H,23,25)(H,24,26). The van der Waals surface area contributed by atoms with Crippen molar-refractivity contribution in [1.82, 2.24) is 0 Å². The Morgan fingerprint density at radius 2 is 1.17 bits per heavy atom. The highest BCUT2D eigenvalue weighted by atomic mass is 32.2. The molecule has 0 spiro atoms. The number of carbonyl (C=O) groups excluding carboxylic acids is 2. The third-order valence-corrected chi connectivity index (χ3v) is 6.69. The Labute approximate surface area is 172 Å². The molecular weight excluding hydrogens is 388 g/mol. The fourth-order valence-electron chi connectivity index (χ4n) is 2.52. The van der Waals surface area contributed by atoms with Crippen LogP contribution in [0.25, 0.3) is 0 Å². The summed E-state index contributed by atoms with van der Waals surface area (Å²) in [5.41, 5.74) is 0.857. The lowest BCUT2D eigenvalue weighted by Crippen LogP contribution is -2.20. The number of anilines is 2. The monoisotopic (exact) mass is 416 g/mol. The van der Waals surface area contributed by atoms with Crippen LogP contribution in [0.3, 0.4) is 0 Å². The molecule has 0 heterocycles. The smallest absolute Gasteiger partial charge is 0.227 e. The highest BCUT2D eigenvalue weighted by Crippen LogP contribution is 2.26. The lowest BCUT2D eigenvalue weighted by atomic mass is 10.1. The predicted octanol–water partition coefficient (Wildman–Crippen LogP) is 4.49. The van der Waals surface area contributed by atoms with E-state index in [1.807, 2.05) is 27.7 Å². The number of hydrogen-bond donors (Lipinski definition) is 2.